The Balaban J connectivity index is 2.14. The third kappa shape index (κ3) is 2.03. The standard InChI is InChI=1S/C11H6BrClN4/c12-7-3-1-6(2-4-7)9-15-8-5-14-11(13)17-10(8)16-9/h1-5H,(H,14,15,16,17). The van der Waals surface area contributed by atoms with Crippen LogP contribution < -0.4 is 0 Å². The molecule has 0 amide bonds. The fraction of sp³-hybridized carbons (Fsp3) is 0. The number of H-pyrrole nitrogens is 1. The van der Waals surface area contributed by atoms with Crippen LogP contribution in [0.15, 0.2) is 34.9 Å². The lowest BCUT2D eigenvalue weighted by atomic mass is 10.2. The Kier molecular flexibility index (Phi) is 2.57. The first kappa shape index (κ1) is 10.7. The highest BCUT2D eigenvalue weighted by molar-refractivity contribution is 9.10. The van der Waals surface area contributed by atoms with Crippen LogP contribution in [-0.4, -0.2) is 19.9 Å². The van der Waals surface area contributed by atoms with E-state index in [9.17, 15) is 0 Å². The Hall–Kier alpha value is -1.46. The predicted octanol–water partition coefficient (Wildman–Crippen LogP) is 3.44. The van der Waals surface area contributed by atoms with Gasteiger partial charge in [0.2, 0.25) is 5.28 Å². The molecule has 3 rings (SSSR count). The molecular formula is C11H6BrClN4. The molecule has 2 heterocycles. The van der Waals surface area contributed by atoms with Crippen LogP contribution in [0, 0.1) is 0 Å². The molecule has 1 aromatic carbocycles. The summed E-state index contributed by atoms with van der Waals surface area (Å²) in [6.07, 6.45) is 1.63. The number of aromatic nitrogens is 4. The van der Waals surface area contributed by atoms with E-state index in [-0.39, 0.29) is 5.28 Å². The van der Waals surface area contributed by atoms with Gasteiger partial charge in [-0.3, -0.25) is 0 Å². The first-order valence-electron chi connectivity index (χ1n) is 4.86. The minimum atomic E-state index is 0.200. The van der Waals surface area contributed by atoms with Gasteiger partial charge in [-0.2, -0.15) is 4.98 Å². The van der Waals surface area contributed by atoms with Crippen molar-refractivity contribution < 1.29 is 0 Å². The first-order valence-corrected chi connectivity index (χ1v) is 6.04. The van der Waals surface area contributed by atoms with Crippen molar-refractivity contribution >= 4 is 38.7 Å². The van der Waals surface area contributed by atoms with Gasteiger partial charge in [-0.05, 0) is 23.7 Å². The van der Waals surface area contributed by atoms with Gasteiger partial charge in [0.1, 0.15) is 11.3 Å². The summed E-state index contributed by atoms with van der Waals surface area (Å²) in [5.74, 6) is 0.754. The fourth-order valence-corrected chi connectivity index (χ4v) is 1.92. The predicted molar refractivity (Wildman–Crippen MR) is 69.8 cm³/mol. The molecule has 3 aromatic rings. The summed E-state index contributed by atoms with van der Waals surface area (Å²) in [7, 11) is 0. The third-order valence-electron chi connectivity index (χ3n) is 2.33. The zero-order valence-corrected chi connectivity index (χ0v) is 10.8. The number of rotatable bonds is 1. The first-order chi connectivity index (χ1) is 8.22. The molecule has 4 nitrogen and oxygen atoms in total. The lowest BCUT2D eigenvalue weighted by Crippen LogP contribution is -1.81. The number of hydrogen-bond donors (Lipinski definition) is 1. The molecule has 0 saturated heterocycles. The Bertz CT molecular complexity index is 678. The van der Waals surface area contributed by atoms with Crippen LogP contribution in [-0.2, 0) is 0 Å². The summed E-state index contributed by atoms with van der Waals surface area (Å²) < 4.78 is 1.03. The van der Waals surface area contributed by atoms with Crippen LogP contribution in [0.4, 0.5) is 0 Å². The minimum absolute atomic E-state index is 0.200. The summed E-state index contributed by atoms with van der Waals surface area (Å²) in [5.41, 5.74) is 2.33. The van der Waals surface area contributed by atoms with E-state index in [1.54, 1.807) is 6.20 Å². The Morgan fingerprint density at radius 3 is 2.65 bits per heavy atom. The quantitative estimate of drug-likeness (QED) is 0.701. The van der Waals surface area contributed by atoms with Gasteiger partial charge in [0.15, 0.2) is 5.65 Å². The molecule has 6 heteroatoms. The third-order valence-corrected chi connectivity index (χ3v) is 3.04. The maximum absolute atomic E-state index is 5.71. The minimum Gasteiger partial charge on any atom is -0.335 e. The smallest absolute Gasteiger partial charge is 0.224 e. The summed E-state index contributed by atoms with van der Waals surface area (Å²) >= 11 is 9.10. The van der Waals surface area contributed by atoms with Crippen molar-refractivity contribution in [2.45, 2.75) is 0 Å². The van der Waals surface area contributed by atoms with Crippen molar-refractivity contribution in [3.8, 4) is 11.4 Å². The SMILES string of the molecule is Clc1ncc2[nH]c(-c3ccc(Br)cc3)nc2n1. The van der Waals surface area contributed by atoms with Crippen molar-refractivity contribution in [2.24, 2.45) is 0 Å². The maximum Gasteiger partial charge on any atom is 0.224 e. The van der Waals surface area contributed by atoms with Gasteiger partial charge in [0, 0.05) is 10.0 Å². The Labute approximate surface area is 110 Å². The second-order valence-electron chi connectivity index (χ2n) is 3.47. The number of benzene rings is 1. The molecule has 0 aliphatic heterocycles. The molecule has 0 saturated carbocycles. The molecule has 0 unspecified atom stereocenters. The number of fused-ring (bicyclic) bond motifs is 1. The zero-order valence-electron chi connectivity index (χ0n) is 8.48. The highest BCUT2D eigenvalue weighted by atomic mass is 79.9. The van der Waals surface area contributed by atoms with Gasteiger partial charge in [0.25, 0.3) is 0 Å². The van der Waals surface area contributed by atoms with Crippen LogP contribution in [0.25, 0.3) is 22.6 Å². The molecular weight excluding hydrogens is 304 g/mol. The van der Waals surface area contributed by atoms with Gasteiger partial charge < -0.3 is 4.98 Å². The van der Waals surface area contributed by atoms with Crippen LogP contribution in [0.3, 0.4) is 0 Å². The lowest BCUT2D eigenvalue weighted by molar-refractivity contribution is 1.20. The summed E-state index contributed by atoms with van der Waals surface area (Å²) in [5, 5.41) is 0.200. The molecule has 84 valence electrons. The molecule has 0 radical (unpaired) electrons. The van der Waals surface area contributed by atoms with Crippen molar-refractivity contribution in [3.05, 3.63) is 40.2 Å². The second-order valence-corrected chi connectivity index (χ2v) is 4.72. The van der Waals surface area contributed by atoms with E-state index in [2.05, 4.69) is 35.9 Å². The monoisotopic (exact) mass is 308 g/mol. The number of imidazole rings is 1. The van der Waals surface area contributed by atoms with Gasteiger partial charge in [-0.25, -0.2) is 9.97 Å². The van der Waals surface area contributed by atoms with Crippen molar-refractivity contribution in [2.75, 3.05) is 0 Å². The molecule has 2 aromatic heterocycles. The second kappa shape index (κ2) is 4.09. The summed E-state index contributed by atoms with van der Waals surface area (Å²) in [6, 6.07) is 7.86. The average molecular weight is 310 g/mol. The van der Waals surface area contributed by atoms with Crippen LogP contribution >= 0.6 is 27.5 Å². The van der Waals surface area contributed by atoms with E-state index >= 15 is 0 Å². The van der Waals surface area contributed by atoms with Gasteiger partial charge >= 0.3 is 0 Å². The normalized spacial score (nSPS) is 10.9. The van der Waals surface area contributed by atoms with Gasteiger partial charge in [-0.1, -0.05) is 28.1 Å². The van der Waals surface area contributed by atoms with Crippen LogP contribution in [0.5, 0.6) is 0 Å². The fourth-order valence-electron chi connectivity index (χ4n) is 1.53. The molecule has 0 fully saturated rings. The molecule has 0 aliphatic rings. The van der Waals surface area contributed by atoms with E-state index in [0.29, 0.717) is 5.65 Å². The number of nitrogens with one attached hydrogen (secondary N) is 1. The van der Waals surface area contributed by atoms with E-state index < -0.39 is 0 Å². The van der Waals surface area contributed by atoms with E-state index in [4.69, 9.17) is 11.6 Å². The number of halogens is 2. The van der Waals surface area contributed by atoms with E-state index in [0.717, 1.165) is 21.4 Å². The van der Waals surface area contributed by atoms with Crippen molar-refractivity contribution in [1.29, 1.82) is 0 Å². The maximum atomic E-state index is 5.71. The number of hydrogen-bond acceptors (Lipinski definition) is 3. The van der Waals surface area contributed by atoms with Gasteiger partial charge in [-0.15, -0.1) is 0 Å². The molecule has 0 aliphatic carbocycles. The molecule has 1 N–H and O–H groups in total. The zero-order chi connectivity index (χ0) is 11.8. The molecule has 0 spiro atoms. The Morgan fingerprint density at radius 2 is 1.88 bits per heavy atom. The lowest BCUT2D eigenvalue weighted by Gasteiger charge is -1.95. The summed E-state index contributed by atoms with van der Waals surface area (Å²) in [6.45, 7) is 0. The molecule has 0 atom stereocenters. The highest BCUT2D eigenvalue weighted by Gasteiger charge is 2.07. The average Bonchev–Trinajstić information content (AvgIpc) is 2.72. The Morgan fingerprint density at radius 1 is 1.12 bits per heavy atom. The molecule has 0 bridgehead atoms. The van der Waals surface area contributed by atoms with Crippen molar-refractivity contribution in [1.82, 2.24) is 19.9 Å². The topological polar surface area (TPSA) is 54.5 Å². The number of nitrogens with zero attached hydrogens (tertiary/aromatic N) is 3. The van der Waals surface area contributed by atoms with Crippen LogP contribution in [0.1, 0.15) is 0 Å². The molecule has 17 heavy (non-hydrogen) atoms. The van der Waals surface area contributed by atoms with Gasteiger partial charge in [0.05, 0.1) is 6.20 Å². The highest BCUT2D eigenvalue weighted by Crippen LogP contribution is 2.21. The van der Waals surface area contributed by atoms with Crippen LogP contribution in [0.2, 0.25) is 5.28 Å². The van der Waals surface area contributed by atoms with Crippen molar-refractivity contribution in [3.63, 3.8) is 0 Å². The largest absolute Gasteiger partial charge is 0.335 e. The summed E-state index contributed by atoms with van der Waals surface area (Å²) in [4.78, 5) is 15.5. The number of aromatic amines is 1. The van der Waals surface area contributed by atoms with E-state index in [1.165, 1.54) is 0 Å². The van der Waals surface area contributed by atoms with E-state index in [1.807, 2.05) is 24.3 Å².